The monoisotopic (exact) mass is 292 g/mol. The Morgan fingerprint density at radius 1 is 1.20 bits per heavy atom. The molecule has 0 spiro atoms. The minimum Gasteiger partial charge on any atom is -0.346 e. The highest BCUT2D eigenvalue weighted by Gasteiger charge is 2.42. The maximum absolute atomic E-state index is 4.68. The molecular weight excluding hydrogens is 268 g/mol. The molecule has 4 rings (SSSR count). The summed E-state index contributed by atoms with van der Waals surface area (Å²) in [5.41, 5.74) is 0. The molecule has 0 N–H and O–H groups in total. The van der Waals surface area contributed by atoms with Gasteiger partial charge in [-0.1, -0.05) is 6.92 Å². The summed E-state index contributed by atoms with van der Waals surface area (Å²) in [4.78, 5) is 10.0. The van der Waals surface area contributed by atoms with Crippen LogP contribution < -0.4 is 4.90 Å². The van der Waals surface area contributed by atoms with Crippen molar-refractivity contribution in [1.29, 1.82) is 0 Å². The molecule has 2 aliphatic heterocycles. The standard InChI is InChI=1S/C15H24N4S/c1-2-14-16-15(20-17-14)18-9-7-13-11(10-18)4-3-8-19(13)12-5-6-12/h11-13H,2-10H2,1H3/t11-,13+/m0/s1. The zero-order chi connectivity index (χ0) is 13.5. The van der Waals surface area contributed by atoms with Gasteiger partial charge in [0.1, 0.15) is 5.82 Å². The Labute approximate surface area is 125 Å². The maximum atomic E-state index is 4.68. The van der Waals surface area contributed by atoms with Crippen LogP contribution in [0.5, 0.6) is 0 Å². The Hall–Kier alpha value is -0.680. The van der Waals surface area contributed by atoms with Gasteiger partial charge in [0.2, 0.25) is 5.13 Å². The lowest BCUT2D eigenvalue weighted by Gasteiger charge is -2.47. The fourth-order valence-corrected chi connectivity index (χ4v) is 4.78. The summed E-state index contributed by atoms with van der Waals surface area (Å²) in [6.07, 6.45) is 7.96. The van der Waals surface area contributed by atoms with Gasteiger partial charge in [-0.05, 0) is 44.6 Å². The van der Waals surface area contributed by atoms with Crippen molar-refractivity contribution in [2.24, 2.45) is 5.92 Å². The minimum absolute atomic E-state index is 0.853. The summed E-state index contributed by atoms with van der Waals surface area (Å²) in [6.45, 7) is 5.85. The summed E-state index contributed by atoms with van der Waals surface area (Å²) in [7, 11) is 0. The zero-order valence-electron chi connectivity index (χ0n) is 12.3. The largest absolute Gasteiger partial charge is 0.346 e. The van der Waals surface area contributed by atoms with Gasteiger partial charge in [0.15, 0.2) is 0 Å². The van der Waals surface area contributed by atoms with Gasteiger partial charge >= 0.3 is 0 Å². The predicted octanol–water partition coefficient (Wildman–Crippen LogP) is 2.55. The molecule has 1 aliphatic carbocycles. The van der Waals surface area contributed by atoms with Crippen LogP contribution in [0, 0.1) is 5.92 Å². The molecule has 0 amide bonds. The van der Waals surface area contributed by atoms with E-state index in [0.717, 1.165) is 35.4 Å². The molecule has 1 saturated carbocycles. The van der Waals surface area contributed by atoms with Gasteiger partial charge in [0.25, 0.3) is 0 Å². The minimum atomic E-state index is 0.853. The summed E-state index contributed by atoms with van der Waals surface area (Å²) < 4.78 is 4.45. The highest BCUT2D eigenvalue weighted by Crippen LogP contribution is 2.39. The van der Waals surface area contributed by atoms with Gasteiger partial charge < -0.3 is 4.90 Å². The van der Waals surface area contributed by atoms with Gasteiger partial charge in [-0.25, -0.2) is 4.98 Å². The van der Waals surface area contributed by atoms with Crippen LogP contribution >= 0.6 is 11.5 Å². The number of likely N-dealkylation sites (tertiary alicyclic amines) is 1. The van der Waals surface area contributed by atoms with Gasteiger partial charge in [0, 0.05) is 43.1 Å². The molecule has 0 aromatic carbocycles. The number of anilines is 1. The molecule has 0 unspecified atom stereocenters. The summed E-state index contributed by atoms with van der Waals surface area (Å²) in [5.74, 6) is 1.86. The van der Waals surface area contributed by atoms with E-state index in [1.807, 2.05) is 0 Å². The normalized spacial score (nSPS) is 31.4. The second-order valence-electron chi connectivity index (χ2n) is 6.52. The molecule has 0 bridgehead atoms. The molecule has 0 radical (unpaired) electrons. The van der Waals surface area contributed by atoms with Crippen LogP contribution in [0.4, 0.5) is 5.13 Å². The van der Waals surface area contributed by atoms with Crippen LogP contribution in [0.25, 0.3) is 0 Å². The van der Waals surface area contributed by atoms with E-state index in [9.17, 15) is 0 Å². The highest BCUT2D eigenvalue weighted by molar-refractivity contribution is 7.09. The van der Waals surface area contributed by atoms with Crippen molar-refractivity contribution in [2.75, 3.05) is 24.5 Å². The number of hydrogen-bond acceptors (Lipinski definition) is 5. The van der Waals surface area contributed by atoms with Crippen molar-refractivity contribution in [2.45, 2.75) is 57.5 Å². The number of rotatable bonds is 3. The third-order valence-electron chi connectivity index (χ3n) is 5.17. The molecule has 20 heavy (non-hydrogen) atoms. The number of aromatic nitrogens is 2. The molecule has 3 fully saturated rings. The van der Waals surface area contributed by atoms with Crippen LogP contribution in [0.2, 0.25) is 0 Å². The van der Waals surface area contributed by atoms with Crippen molar-refractivity contribution < 1.29 is 0 Å². The first-order valence-electron chi connectivity index (χ1n) is 8.18. The van der Waals surface area contributed by atoms with E-state index in [0.29, 0.717) is 0 Å². The summed E-state index contributed by atoms with van der Waals surface area (Å²) >= 11 is 1.59. The zero-order valence-corrected chi connectivity index (χ0v) is 13.1. The van der Waals surface area contributed by atoms with Crippen molar-refractivity contribution >= 4 is 16.7 Å². The summed E-state index contributed by atoms with van der Waals surface area (Å²) in [5, 5.41) is 1.16. The highest BCUT2D eigenvalue weighted by atomic mass is 32.1. The van der Waals surface area contributed by atoms with Crippen LogP contribution in [-0.2, 0) is 6.42 Å². The van der Waals surface area contributed by atoms with Crippen LogP contribution in [0.15, 0.2) is 0 Å². The lowest BCUT2D eigenvalue weighted by molar-refractivity contribution is 0.0698. The molecule has 3 aliphatic rings. The molecule has 2 atom stereocenters. The first kappa shape index (κ1) is 13.0. The van der Waals surface area contributed by atoms with Crippen LogP contribution in [-0.4, -0.2) is 46.0 Å². The topological polar surface area (TPSA) is 32.3 Å². The van der Waals surface area contributed by atoms with E-state index in [4.69, 9.17) is 0 Å². The van der Waals surface area contributed by atoms with E-state index in [1.54, 1.807) is 11.5 Å². The molecule has 4 nitrogen and oxygen atoms in total. The van der Waals surface area contributed by atoms with Crippen molar-refractivity contribution in [3.63, 3.8) is 0 Å². The second-order valence-corrected chi connectivity index (χ2v) is 7.25. The number of aryl methyl sites for hydroxylation is 1. The van der Waals surface area contributed by atoms with Crippen molar-refractivity contribution in [3.8, 4) is 0 Å². The molecule has 1 aromatic heterocycles. The fourth-order valence-electron chi connectivity index (χ4n) is 3.99. The van der Waals surface area contributed by atoms with E-state index in [-0.39, 0.29) is 0 Å². The first-order chi connectivity index (χ1) is 9.85. The lowest BCUT2D eigenvalue weighted by Crippen LogP contribution is -2.54. The molecule has 110 valence electrons. The first-order valence-corrected chi connectivity index (χ1v) is 8.95. The number of piperidine rings is 2. The molecular formula is C15H24N4S. The second kappa shape index (κ2) is 5.26. The Kier molecular flexibility index (Phi) is 3.42. The van der Waals surface area contributed by atoms with E-state index >= 15 is 0 Å². The number of nitrogens with zero attached hydrogens (tertiary/aromatic N) is 4. The number of hydrogen-bond donors (Lipinski definition) is 0. The van der Waals surface area contributed by atoms with Gasteiger partial charge in [-0.2, -0.15) is 4.37 Å². The third-order valence-corrected chi connectivity index (χ3v) is 5.99. The van der Waals surface area contributed by atoms with Crippen molar-refractivity contribution in [1.82, 2.24) is 14.3 Å². The molecule has 5 heteroatoms. The molecule has 1 aromatic rings. The fraction of sp³-hybridized carbons (Fsp3) is 0.867. The van der Waals surface area contributed by atoms with Gasteiger partial charge in [-0.3, -0.25) is 4.90 Å². The van der Waals surface area contributed by atoms with Crippen LogP contribution in [0.3, 0.4) is 0 Å². The summed E-state index contributed by atoms with van der Waals surface area (Å²) in [6, 6.07) is 1.79. The van der Waals surface area contributed by atoms with E-state index < -0.39 is 0 Å². The predicted molar refractivity (Wildman–Crippen MR) is 82.4 cm³/mol. The molecule has 3 heterocycles. The quantitative estimate of drug-likeness (QED) is 0.857. The Bertz CT molecular complexity index is 470. The SMILES string of the molecule is CCc1nsc(N2CC[C@@H]3[C@@H](CCCN3C3CC3)C2)n1. The maximum Gasteiger partial charge on any atom is 0.205 e. The third kappa shape index (κ3) is 2.35. The lowest BCUT2D eigenvalue weighted by atomic mass is 9.84. The van der Waals surface area contributed by atoms with Gasteiger partial charge in [-0.15, -0.1) is 0 Å². The van der Waals surface area contributed by atoms with Crippen LogP contribution in [0.1, 0.15) is 44.9 Å². The van der Waals surface area contributed by atoms with Gasteiger partial charge in [0.05, 0.1) is 0 Å². The Balaban J connectivity index is 1.46. The van der Waals surface area contributed by atoms with Crippen molar-refractivity contribution in [3.05, 3.63) is 5.82 Å². The number of fused-ring (bicyclic) bond motifs is 1. The average Bonchev–Trinajstić information content (AvgIpc) is 3.23. The Morgan fingerprint density at radius 3 is 2.85 bits per heavy atom. The Morgan fingerprint density at radius 2 is 2.10 bits per heavy atom. The van der Waals surface area contributed by atoms with E-state index in [1.165, 1.54) is 51.7 Å². The average molecular weight is 292 g/mol. The molecule has 2 saturated heterocycles. The van der Waals surface area contributed by atoms with E-state index in [2.05, 4.69) is 26.1 Å². The smallest absolute Gasteiger partial charge is 0.205 e.